The molecule has 2 amide bonds. The molecular formula is C25H27N3O4. The predicted octanol–water partition coefficient (Wildman–Crippen LogP) is 4.57. The number of hydrogen-bond acceptors (Lipinski definition) is 5. The van der Waals surface area contributed by atoms with Gasteiger partial charge in [0.05, 0.1) is 18.7 Å². The summed E-state index contributed by atoms with van der Waals surface area (Å²) < 4.78 is 12.5. The second kappa shape index (κ2) is 8.41. The van der Waals surface area contributed by atoms with E-state index >= 15 is 0 Å². The normalized spacial score (nSPS) is 17.1. The molecule has 166 valence electrons. The number of ether oxygens (including phenoxy) is 2. The highest BCUT2D eigenvalue weighted by Crippen LogP contribution is 2.40. The Labute approximate surface area is 187 Å². The first-order chi connectivity index (χ1) is 15.6. The van der Waals surface area contributed by atoms with Gasteiger partial charge in [-0.15, -0.1) is 0 Å². The zero-order valence-electron chi connectivity index (χ0n) is 18.4. The van der Waals surface area contributed by atoms with Crippen molar-refractivity contribution >= 4 is 16.9 Å². The Bertz CT molecular complexity index is 1160. The van der Waals surface area contributed by atoms with Crippen molar-refractivity contribution in [2.75, 3.05) is 19.7 Å². The quantitative estimate of drug-likeness (QED) is 0.613. The molecule has 5 rings (SSSR count). The van der Waals surface area contributed by atoms with Gasteiger partial charge in [-0.25, -0.2) is 10.3 Å². The fourth-order valence-electron chi connectivity index (χ4n) is 4.46. The van der Waals surface area contributed by atoms with Crippen molar-refractivity contribution < 1.29 is 19.1 Å². The molecule has 3 aromatic rings. The third kappa shape index (κ3) is 3.78. The number of nitrogens with zero attached hydrogens (tertiary/aromatic N) is 2. The number of piperidine rings is 1. The first kappa shape index (κ1) is 20.7. The van der Waals surface area contributed by atoms with E-state index in [2.05, 4.69) is 35.6 Å². The van der Waals surface area contributed by atoms with Crippen LogP contribution in [0.4, 0.5) is 4.79 Å². The van der Waals surface area contributed by atoms with Gasteiger partial charge in [0.2, 0.25) is 5.79 Å². The molecule has 2 aliphatic rings. The van der Waals surface area contributed by atoms with Gasteiger partial charge in [0.1, 0.15) is 5.75 Å². The van der Waals surface area contributed by atoms with Crippen molar-refractivity contribution in [2.45, 2.75) is 39.1 Å². The first-order valence-electron chi connectivity index (χ1n) is 11.1. The van der Waals surface area contributed by atoms with Gasteiger partial charge in [-0.1, -0.05) is 24.3 Å². The number of amides is 2. The summed E-state index contributed by atoms with van der Waals surface area (Å²) in [5.41, 5.74) is 7.90. The summed E-state index contributed by atoms with van der Waals surface area (Å²) in [5.74, 6) is 0.163. The number of aryl methyl sites for hydroxylation is 1. The molecule has 1 fully saturated rings. The van der Waals surface area contributed by atoms with Crippen LogP contribution < -0.4 is 10.2 Å². The van der Waals surface area contributed by atoms with Crippen LogP contribution in [0.1, 0.15) is 30.9 Å². The van der Waals surface area contributed by atoms with E-state index in [0.717, 1.165) is 33.3 Å². The number of para-hydroxylation sites is 1. The number of nitrogens with one attached hydrogen (secondary N) is 1. The van der Waals surface area contributed by atoms with Crippen LogP contribution in [0.5, 0.6) is 5.75 Å². The van der Waals surface area contributed by atoms with Crippen LogP contribution in [-0.2, 0) is 16.2 Å². The van der Waals surface area contributed by atoms with Crippen molar-refractivity contribution in [1.82, 2.24) is 15.4 Å². The molecule has 2 aromatic carbocycles. The highest BCUT2D eigenvalue weighted by Gasteiger charge is 2.42. The maximum Gasteiger partial charge on any atom is 0.341 e. The molecule has 1 spiro atoms. The smallest absolute Gasteiger partial charge is 0.341 e. The van der Waals surface area contributed by atoms with Crippen LogP contribution in [-0.4, -0.2) is 41.4 Å². The molecule has 1 N–H and O–H groups in total. The number of rotatable bonds is 3. The Hall–Kier alpha value is -3.16. The van der Waals surface area contributed by atoms with Crippen LogP contribution in [0.25, 0.3) is 22.0 Å². The Morgan fingerprint density at radius 2 is 2.03 bits per heavy atom. The van der Waals surface area contributed by atoms with Crippen LogP contribution in [0.3, 0.4) is 0 Å². The third-order valence-corrected chi connectivity index (χ3v) is 6.32. The highest BCUT2D eigenvalue weighted by atomic mass is 16.7. The largest absolute Gasteiger partial charge is 0.462 e. The Morgan fingerprint density at radius 3 is 2.84 bits per heavy atom. The summed E-state index contributed by atoms with van der Waals surface area (Å²) in [4.78, 5) is 23.5. The molecule has 1 aromatic heterocycles. The number of aromatic nitrogens is 1. The number of carbonyl (C=O) groups is 1. The molecule has 0 atom stereocenters. The number of carbonyl (C=O) groups excluding carboxylic acids is 1. The number of benzene rings is 2. The lowest BCUT2D eigenvalue weighted by molar-refractivity contribution is -0.225. The van der Waals surface area contributed by atoms with E-state index in [4.69, 9.17) is 14.3 Å². The minimum Gasteiger partial charge on any atom is -0.462 e. The molecule has 0 unspecified atom stereocenters. The summed E-state index contributed by atoms with van der Waals surface area (Å²) in [6, 6.07) is 14.2. The van der Waals surface area contributed by atoms with E-state index in [1.807, 2.05) is 37.4 Å². The Kier molecular flexibility index (Phi) is 5.45. The average Bonchev–Trinajstić information content (AvgIpc) is 2.83. The molecule has 0 radical (unpaired) electrons. The van der Waals surface area contributed by atoms with Crippen LogP contribution in [0.2, 0.25) is 0 Å². The van der Waals surface area contributed by atoms with E-state index in [-0.39, 0.29) is 6.03 Å². The van der Waals surface area contributed by atoms with E-state index < -0.39 is 5.79 Å². The van der Waals surface area contributed by atoms with Gasteiger partial charge in [0.25, 0.3) is 0 Å². The molecule has 7 nitrogen and oxygen atoms in total. The molecule has 0 bridgehead atoms. The first-order valence-corrected chi connectivity index (χ1v) is 11.1. The van der Waals surface area contributed by atoms with Gasteiger partial charge >= 0.3 is 6.03 Å². The molecule has 2 aliphatic heterocycles. The zero-order valence-corrected chi connectivity index (χ0v) is 18.4. The number of fused-ring (bicyclic) bond motifs is 2. The number of urea groups is 1. The van der Waals surface area contributed by atoms with Crippen LogP contribution in [0, 0.1) is 6.92 Å². The molecule has 3 heterocycles. The fourth-order valence-corrected chi connectivity index (χ4v) is 4.46. The summed E-state index contributed by atoms with van der Waals surface area (Å²) in [6.07, 6.45) is 3.16. The summed E-state index contributed by atoms with van der Waals surface area (Å²) in [5, 5.41) is 1.16. The van der Waals surface area contributed by atoms with Crippen LogP contribution >= 0.6 is 0 Å². The van der Waals surface area contributed by atoms with Crippen molar-refractivity contribution in [3.05, 3.63) is 59.8 Å². The van der Waals surface area contributed by atoms with E-state index in [1.54, 1.807) is 4.90 Å². The lowest BCUT2D eigenvalue weighted by atomic mass is 9.96. The van der Waals surface area contributed by atoms with E-state index in [9.17, 15) is 4.79 Å². The van der Waals surface area contributed by atoms with Crippen molar-refractivity contribution in [2.24, 2.45) is 0 Å². The van der Waals surface area contributed by atoms with E-state index in [1.165, 1.54) is 5.56 Å². The van der Waals surface area contributed by atoms with Gasteiger partial charge in [0.15, 0.2) is 0 Å². The maximum absolute atomic E-state index is 12.1. The predicted molar refractivity (Wildman–Crippen MR) is 121 cm³/mol. The van der Waals surface area contributed by atoms with Gasteiger partial charge < -0.3 is 14.4 Å². The van der Waals surface area contributed by atoms with Crippen LogP contribution in [0.15, 0.2) is 48.7 Å². The molecule has 32 heavy (non-hydrogen) atoms. The standard InChI is InChI=1S/C25H27N3O4/c1-3-31-27-24(29)28-12-10-25(11-13-28)30-16-19-14-18(8-9-23(19)32-25)21-15-26-22-7-5-4-6-20(22)17(21)2/h4-9,14-15H,3,10-13,16H2,1-2H3,(H,27,29). The fraction of sp³-hybridized carbons (Fsp3) is 0.360. The maximum atomic E-state index is 12.1. The number of pyridine rings is 1. The van der Waals surface area contributed by atoms with Gasteiger partial charge in [-0.05, 0) is 43.2 Å². The van der Waals surface area contributed by atoms with E-state index in [0.29, 0.717) is 39.1 Å². The number of hydroxylamine groups is 1. The van der Waals surface area contributed by atoms with Crippen molar-refractivity contribution in [1.29, 1.82) is 0 Å². The molecule has 0 saturated carbocycles. The summed E-state index contributed by atoms with van der Waals surface area (Å²) >= 11 is 0. The topological polar surface area (TPSA) is 72.9 Å². The minimum absolute atomic E-state index is 0.220. The van der Waals surface area contributed by atoms with Gasteiger partial charge in [-0.3, -0.25) is 9.82 Å². The molecule has 1 saturated heterocycles. The summed E-state index contributed by atoms with van der Waals surface area (Å²) in [6.45, 7) is 5.98. The monoisotopic (exact) mass is 433 g/mol. The molecule has 0 aliphatic carbocycles. The lowest BCUT2D eigenvalue weighted by Gasteiger charge is -2.43. The second-order valence-electron chi connectivity index (χ2n) is 8.27. The SMILES string of the molecule is CCONC(=O)N1CCC2(CC1)OCc1cc(-c3cnc4ccccc4c3C)ccc1O2. The molecular weight excluding hydrogens is 406 g/mol. The zero-order chi connectivity index (χ0) is 22.1. The van der Waals surface area contributed by atoms with Gasteiger partial charge in [0, 0.05) is 48.6 Å². The average molecular weight is 434 g/mol. The second-order valence-corrected chi connectivity index (χ2v) is 8.27. The minimum atomic E-state index is -0.683. The van der Waals surface area contributed by atoms with Crippen molar-refractivity contribution in [3.63, 3.8) is 0 Å². The Balaban J connectivity index is 1.33. The highest BCUT2D eigenvalue weighted by molar-refractivity contribution is 5.88. The number of likely N-dealkylation sites (tertiary alicyclic amines) is 1. The lowest BCUT2D eigenvalue weighted by Crippen LogP contribution is -2.54. The van der Waals surface area contributed by atoms with Crippen molar-refractivity contribution in [3.8, 4) is 16.9 Å². The third-order valence-electron chi connectivity index (χ3n) is 6.32. The summed E-state index contributed by atoms with van der Waals surface area (Å²) in [7, 11) is 0. The van der Waals surface area contributed by atoms with Gasteiger partial charge in [-0.2, -0.15) is 0 Å². The number of hydrogen-bond donors (Lipinski definition) is 1. The Morgan fingerprint density at radius 1 is 1.22 bits per heavy atom. The molecule has 7 heteroatoms.